The number of H-pyrrole nitrogens is 1. The number of aromatic nitrogens is 3. The van der Waals surface area contributed by atoms with Gasteiger partial charge in [0.2, 0.25) is 0 Å². The monoisotopic (exact) mass is 234 g/mol. The number of para-hydroxylation sites is 1. The van der Waals surface area contributed by atoms with E-state index in [4.69, 9.17) is 5.26 Å². The molecule has 0 aliphatic rings. The van der Waals surface area contributed by atoms with Crippen LogP contribution in [0.4, 0.5) is 0 Å². The number of pyridine rings is 1. The highest BCUT2D eigenvalue weighted by Gasteiger charge is 2.08. The summed E-state index contributed by atoms with van der Waals surface area (Å²) in [5.74, 6) is 0.762. The van der Waals surface area contributed by atoms with Gasteiger partial charge in [-0.1, -0.05) is 6.07 Å². The van der Waals surface area contributed by atoms with Gasteiger partial charge in [-0.05, 0) is 31.2 Å². The Labute approximate surface area is 104 Å². The summed E-state index contributed by atoms with van der Waals surface area (Å²) in [4.78, 5) is 11.9. The van der Waals surface area contributed by atoms with E-state index in [2.05, 4.69) is 21.0 Å². The first-order valence-electron chi connectivity index (χ1n) is 5.60. The molecule has 2 heterocycles. The highest BCUT2D eigenvalue weighted by molar-refractivity contribution is 5.84. The third-order valence-corrected chi connectivity index (χ3v) is 2.80. The molecule has 86 valence electrons. The third kappa shape index (κ3) is 1.62. The van der Waals surface area contributed by atoms with Crippen LogP contribution in [-0.4, -0.2) is 15.0 Å². The van der Waals surface area contributed by atoms with E-state index in [1.165, 1.54) is 0 Å². The summed E-state index contributed by atoms with van der Waals surface area (Å²) in [6.45, 7) is 1.94. The van der Waals surface area contributed by atoms with Crippen LogP contribution < -0.4 is 0 Å². The van der Waals surface area contributed by atoms with Gasteiger partial charge >= 0.3 is 0 Å². The number of rotatable bonds is 1. The van der Waals surface area contributed by atoms with Gasteiger partial charge in [0.15, 0.2) is 0 Å². The summed E-state index contributed by atoms with van der Waals surface area (Å²) in [7, 11) is 0. The lowest BCUT2D eigenvalue weighted by atomic mass is 10.2. The smallest absolute Gasteiger partial charge is 0.138 e. The van der Waals surface area contributed by atoms with E-state index < -0.39 is 0 Å². The van der Waals surface area contributed by atoms with Crippen molar-refractivity contribution in [3.05, 3.63) is 47.8 Å². The third-order valence-electron chi connectivity index (χ3n) is 2.80. The largest absolute Gasteiger partial charge is 0.338 e. The minimum Gasteiger partial charge on any atom is -0.338 e. The van der Waals surface area contributed by atoms with Crippen molar-refractivity contribution in [2.75, 3.05) is 0 Å². The van der Waals surface area contributed by atoms with Gasteiger partial charge in [-0.2, -0.15) is 5.26 Å². The fourth-order valence-electron chi connectivity index (χ4n) is 1.95. The van der Waals surface area contributed by atoms with Crippen molar-refractivity contribution in [2.24, 2.45) is 0 Å². The van der Waals surface area contributed by atoms with E-state index in [1.807, 2.05) is 31.2 Å². The van der Waals surface area contributed by atoms with E-state index in [9.17, 15) is 0 Å². The van der Waals surface area contributed by atoms with Crippen LogP contribution >= 0.6 is 0 Å². The zero-order chi connectivity index (χ0) is 12.5. The molecule has 3 rings (SSSR count). The highest BCUT2D eigenvalue weighted by Crippen LogP contribution is 2.22. The molecule has 0 aliphatic carbocycles. The topological polar surface area (TPSA) is 65.4 Å². The summed E-state index contributed by atoms with van der Waals surface area (Å²) in [6, 6.07) is 11.5. The number of nitrogens with one attached hydrogen (secondary N) is 1. The molecule has 0 unspecified atom stereocenters. The molecular weight excluding hydrogens is 224 g/mol. The molecule has 3 aromatic rings. The van der Waals surface area contributed by atoms with Crippen LogP contribution in [0.1, 0.15) is 11.3 Å². The van der Waals surface area contributed by atoms with Crippen LogP contribution in [0.5, 0.6) is 0 Å². The van der Waals surface area contributed by atoms with Crippen LogP contribution in [0.15, 0.2) is 36.5 Å². The fraction of sp³-hybridized carbons (Fsp3) is 0.0714. The van der Waals surface area contributed by atoms with Gasteiger partial charge in [0.05, 0.1) is 11.1 Å². The zero-order valence-electron chi connectivity index (χ0n) is 9.81. The van der Waals surface area contributed by atoms with Crippen molar-refractivity contribution >= 4 is 11.0 Å². The van der Waals surface area contributed by atoms with Crippen molar-refractivity contribution in [1.82, 2.24) is 15.0 Å². The summed E-state index contributed by atoms with van der Waals surface area (Å²) < 4.78 is 0. The SMILES string of the molecule is Cc1cc(-c2nc3c(C#N)cccc3[nH]2)ccn1. The van der Waals surface area contributed by atoms with Gasteiger partial charge in [0, 0.05) is 17.5 Å². The number of nitriles is 1. The van der Waals surface area contributed by atoms with Crippen molar-refractivity contribution in [2.45, 2.75) is 6.92 Å². The lowest BCUT2D eigenvalue weighted by Gasteiger charge is -1.96. The van der Waals surface area contributed by atoms with Crippen LogP contribution in [0, 0.1) is 18.3 Å². The minimum atomic E-state index is 0.584. The minimum absolute atomic E-state index is 0.584. The Bertz CT molecular complexity index is 765. The van der Waals surface area contributed by atoms with Gasteiger partial charge in [-0.25, -0.2) is 4.98 Å². The quantitative estimate of drug-likeness (QED) is 0.704. The van der Waals surface area contributed by atoms with Gasteiger partial charge < -0.3 is 4.98 Å². The molecule has 18 heavy (non-hydrogen) atoms. The van der Waals surface area contributed by atoms with Crippen molar-refractivity contribution < 1.29 is 0 Å². The Morgan fingerprint density at radius 3 is 2.94 bits per heavy atom. The molecule has 0 atom stereocenters. The molecule has 0 amide bonds. The summed E-state index contributed by atoms with van der Waals surface area (Å²) >= 11 is 0. The van der Waals surface area contributed by atoms with E-state index in [1.54, 1.807) is 12.3 Å². The van der Waals surface area contributed by atoms with Crippen LogP contribution in [0.2, 0.25) is 0 Å². The first kappa shape index (κ1) is 10.5. The maximum Gasteiger partial charge on any atom is 0.138 e. The Morgan fingerprint density at radius 2 is 2.17 bits per heavy atom. The highest BCUT2D eigenvalue weighted by atomic mass is 14.9. The molecular formula is C14H10N4. The molecule has 0 aliphatic heterocycles. The normalized spacial score (nSPS) is 10.4. The average Bonchev–Trinajstić information content (AvgIpc) is 2.82. The summed E-state index contributed by atoms with van der Waals surface area (Å²) in [5, 5.41) is 9.05. The van der Waals surface area contributed by atoms with E-state index >= 15 is 0 Å². The molecule has 2 aromatic heterocycles. The molecule has 0 bridgehead atoms. The second-order valence-corrected chi connectivity index (χ2v) is 4.08. The molecule has 0 saturated heterocycles. The summed E-state index contributed by atoms with van der Waals surface area (Å²) in [5.41, 5.74) is 4.08. The van der Waals surface area contributed by atoms with E-state index in [-0.39, 0.29) is 0 Å². The lowest BCUT2D eigenvalue weighted by Crippen LogP contribution is -1.84. The zero-order valence-corrected chi connectivity index (χ0v) is 9.81. The predicted octanol–water partition coefficient (Wildman–Crippen LogP) is 2.80. The Morgan fingerprint density at radius 1 is 1.28 bits per heavy atom. The second kappa shape index (κ2) is 3.97. The number of fused-ring (bicyclic) bond motifs is 1. The standard InChI is InChI=1S/C14H10N4/c1-9-7-10(5-6-16-9)14-17-12-4-2-3-11(8-15)13(12)18-14/h2-7H,1H3,(H,17,18). The first-order chi connectivity index (χ1) is 8.78. The van der Waals surface area contributed by atoms with Gasteiger partial charge in [0.25, 0.3) is 0 Å². The van der Waals surface area contributed by atoms with E-state index in [0.29, 0.717) is 11.1 Å². The molecule has 1 aromatic carbocycles. The molecule has 0 spiro atoms. The number of hydrogen-bond donors (Lipinski definition) is 1. The van der Waals surface area contributed by atoms with Gasteiger partial charge in [-0.15, -0.1) is 0 Å². The summed E-state index contributed by atoms with van der Waals surface area (Å²) in [6.07, 6.45) is 1.75. The Kier molecular flexibility index (Phi) is 2.31. The van der Waals surface area contributed by atoms with Crippen LogP contribution in [0.25, 0.3) is 22.4 Å². The number of benzene rings is 1. The molecule has 1 N–H and O–H groups in total. The molecule has 0 radical (unpaired) electrons. The first-order valence-corrected chi connectivity index (χ1v) is 5.60. The Balaban J connectivity index is 2.23. The fourth-order valence-corrected chi connectivity index (χ4v) is 1.95. The van der Waals surface area contributed by atoms with Crippen molar-refractivity contribution in [1.29, 1.82) is 5.26 Å². The maximum absolute atomic E-state index is 9.05. The lowest BCUT2D eigenvalue weighted by molar-refractivity contribution is 1.19. The molecule has 4 nitrogen and oxygen atoms in total. The molecule has 4 heteroatoms. The second-order valence-electron chi connectivity index (χ2n) is 4.08. The van der Waals surface area contributed by atoms with Crippen LogP contribution in [0.3, 0.4) is 0 Å². The molecule has 0 fully saturated rings. The number of imidazole rings is 1. The number of hydrogen-bond acceptors (Lipinski definition) is 3. The average molecular weight is 234 g/mol. The van der Waals surface area contributed by atoms with Gasteiger partial charge in [-0.3, -0.25) is 4.98 Å². The number of nitrogens with zero attached hydrogens (tertiary/aromatic N) is 3. The van der Waals surface area contributed by atoms with E-state index in [0.717, 1.165) is 22.6 Å². The van der Waals surface area contributed by atoms with Crippen molar-refractivity contribution in [3.8, 4) is 17.5 Å². The van der Waals surface area contributed by atoms with Gasteiger partial charge in [0.1, 0.15) is 17.4 Å². The van der Waals surface area contributed by atoms with Crippen molar-refractivity contribution in [3.63, 3.8) is 0 Å². The number of aromatic amines is 1. The number of aryl methyl sites for hydroxylation is 1. The maximum atomic E-state index is 9.05. The Hall–Kier alpha value is -2.67. The predicted molar refractivity (Wildman–Crippen MR) is 68.8 cm³/mol. The molecule has 0 saturated carbocycles. The van der Waals surface area contributed by atoms with Crippen LogP contribution in [-0.2, 0) is 0 Å².